The second-order valence-electron chi connectivity index (χ2n) is 4.08. The van der Waals surface area contributed by atoms with Crippen molar-refractivity contribution in [2.75, 3.05) is 6.54 Å². The van der Waals surface area contributed by atoms with Gasteiger partial charge in [-0.3, -0.25) is 4.79 Å². The summed E-state index contributed by atoms with van der Waals surface area (Å²) in [5.41, 5.74) is 1.09. The maximum Gasteiger partial charge on any atom is 0.224 e. The zero-order valence-electron chi connectivity index (χ0n) is 8.99. The Hall–Kier alpha value is -0.730. The lowest BCUT2D eigenvalue weighted by molar-refractivity contribution is -0.129. The van der Waals surface area contributed by atoms with Crippen molar-refractivity contribution in [2.45, 2.75) is 24.8 Å². The Kier molecular flexibility index (Phi) is 3.41. The standard InChI is InChI=1S/C12H13Cl2NO/c1-8(9-2-4-10(13)5-3-9)15-7-11(14)6-12(15)16/h2-5,8,11H,6-7H2,1H3. The van der Waals surface area contributed by atoms with Gasteiger partial charge in [-0.15, -0.1) is 11.6 Å². The fraction of sp³-hybridized carbons (Fsp3) is 0.417. The molecule has 0 bridgehead atoms. The molecule has 4 heteroatoms. The van der Waals surface area contributed by atoms with Crippen LogP contribution in [0.2, 0.25) is 5.02 Å². The molecule has 0 spiro atoms. The number of halogens is 2. The van der Waals surface area contributed by atoms with Gasteiger partial charge >= 0.3 is 0 Å². The van der Waals surface area contributed by atoms with Gasteiger partial charge in [-0.05, 0) is 24.6 Å². The molecule has 1 aromatic carbocycles. The highest BCUT2D eigenvalue weighted by Gasteiger charge is 2.31. The monoisotopic (exact) mass is 257 g/mol. The summed E-state index contributed by atoms with van der Waals surface area (Å²) in [6, 6.07) is 7.63. The molecular formula is C12H13Cl2NO. The summed E-state index contributed by atoms with van der Waals surface area (Å²) in [5, 5.41) is 0.654. The summed E-state index contributed by atoms with van der Waals surface area (Å²) >= 11 is 11.8. The van der Waals surface area contributed by atoms with E-state index in [0.29, 0.717) is 18.0 Å². The highest BCUT2D eigenvalue weighted by atomic mass is 35.5. The number of nitrogens with zero attached hydrogens (tertiary/aromatic N) is 1. The third kappa shape index (κ3) is 2.33. The highest BCUT2D eigenvalue weighted by molar-refractivity contribution is 6.30. The van der Waals surface area contributed by atoms with Crippen molar-refractivity contribution in [3.8, 4) is 0 Å². The number of hydrogen-bond donors (Lipinski definition) is 0. The van der Waals surface area contributed by atoms with Gasteiger partial charge in [0.15, 0.2) is 0 Å². The number of carbonyl (C=O) groups excluding carboxylic acids is 1. The lowest BCUT2D eigenvalue weighted by Crippen LogP contribution is -2.28. The lowest BCUT2D eigenvalue weighted by atomic mass is 10.1. The van der Waals surface area contributed by atoms with Crippen LogP contribution in [0, 0.1) is 0 Å². The lowest BCUT2D eigenvalue weighted by Gasteiger charge is -2.24. The summed E-state index contributed by atoms with van der Waals surface area (Å²) in [5.74, 6) is 0.127. The van der Waals surface area contributed by atoms with Crippen LogP contribution in [0.1, 0.15) is 24.9 Å². The largest absolute Gasteiger partial charge is 0.334 e. The van der Waals surface area contributed by atoms with Crippen molar-refractivity contribution in [1.82, 2.24) is 4.90 Å². The molecule has 2 nitrogen and oxygen atoms in total. The van der Waals surface area contributed by atoms with Gasteiger partial charge in [-0.25, -0.2) is 0 Å². The van der Waals surface area contributed by atoms with E-state index < -0.39 is 0 Å². The predicted octanol–water partition coefficient (Wildman–Crippen LogP) is 3.24. The Morgan fingerprint density at radius 2 is 2.00 bits per heavy atom. The van der Waals surface area contributed by atoms with Crippen LogP contribution in [0.5, 0.6) is 0 Å². The van der Waals surface area contributed by atoms with Crippen molar-refractivity contribution < 1.29 is 4.79 Å². The van der Waals surface area contributed by atoms with Crippen LogP contribution in [0.25, 0.3) is 0 Å². The zero-order chi connectivity index (χ0) is 11.7. The molecule has 16 heavy (non-hydrogen) atoms. The molecule has 2 rings (SSSR count). The zero-order valence-corrected chi connectivity index (χ0v) is 10.5. The minimum atomic E-state index is -0.0535. The van der Waals surface area contributed by atoms with Gasteiger partial charge < -0.3 is 4.90 Å². The maximum absolute atomic E-state index is 11.7. The van der Waals surface area contributed by atoms with Crippen molar-refractivity contribution >= 4 is 29.1 Å². The fourth-order valence-electron chi connectivity index (χ4n) is 1.98. The van der Waals surface area contributed by atoms with Crippen LogP contribution in [-0.2, 0) is 4.79 Å². The van der Waals surface area contributed by atoms with Gasteiger partial charge in [0.25, 0.3) is 0 Å². The molecule has 1 saturated heterocycles. The highest BCUT2D eigenvalue weighted by Crippen LogP contribution is 2.28. The topological polar surface area (TPSA) is 20.3 Å². The number of alkyl halides is 1. The van der Waals surface area contributed by atoms with Gasteiger partial charge in [0, 0.05) is 18.0 Å². The second kappa shape index (κ2) is 4.64. The first kappa shape index (κ1) is 11.7. The minimum absolute atomic E-state index is 0.0535. The molecule has 2 unspecified atom stereocenters. The summed E-state index contributed by atoms with van der Waals surface area (Å²) in [6.07, 6.45) is 0.444. The van der Waals surface area contributed by atoms with Crippen LogP contribution >= 0.6 is 23.2 Å². The van der Waals surface area contributed by atoms with Crippen molar-refractivity contribution in [3.63, 3.8) is 0 Å². The number of amides is 1. The molecule has 0 N–H and O–H groups in total. The molecule has 86 valence electrons. The van der Waals surface area contributed by atoms with Crippen molar-refractivity contribution in [1.29, 1.82) is 0 Å². The van der Waals surface area contributed by atoms with Gasteiger partial charge in [0.1, 0.15) is 0 Å². The number of hydrogen-bond acceptors (Lipinski definition) is 1. The number of likely N-dealkylation sites (tertiary alicyclic amines) is 1. The van der Waals surface area contributed by atoms with Gasteiger partial charge in [0.05, 0.1) is 11.4 Å². The number of benzene rings is 1. The third-order valence-electron chi connectivity index (χ3n) is 2.93. The normalized spacial score (nSPS) is 22.6. The molecule has 1 aromatic rings. The van der Waals surface area contributed by atoms with E-state index in [1.165, 1.54) is 0 Å². The molecule has 1 fully saturated rings. The first-order valence-corrected chi connectivity index (χ1v) is 6.08. The van der Waals surface area contributed by atoms with E-state index >= 15 is 0 Å². The third-order valence-corrected chi connectivity index (χ3v) is 3.48. The van der Waals surface area contributed by atoms with Gasteiger partial charge in [-0.2, -0.15) is 0 Å². The summed E-state index contributed by atoms with van der Waals surface area (Å²) in [7, 11) is 0. The Balaban J connectivity index is 2.16. The molecule has 1 amide bonds. The quantitative estimate of drug-likeness (QED) is 0.746. The van der Waals surface area contributed by atoms with Crippen molar-refractivity contribution in [2.24, 2.45) is 0 Å². The average molecular weight is 258 g/mol. The SMILES string of the molecule is CC(c1ccc(Cl)cc1)N1CC(Cl)CC1=O. The first-order chi connectivity index (χ1) is 7.58. The first-order valence-electron chi connectivity index (χ1n) is 5.27. The average Bonchev–Trinajstić information content (AvgIpc) is 2.58. The Morgan fingerprint density at radius 3 is 2.50 bits per heavy atom. The number of carbonyl (C=O) groups is 1. The minimum Gasteiger partial charge on any atom is -0.334 e. The molecule has 1 aliphatic heterocycles. The van der Waals surface area contributed by atoms with Crippen LogP contribution in [0.15, 0.2) is 24.3 Å². The molecule has 1 heterocycles. The summed E-state index contributed by atoms with van der Waals surface area (Å²) in [4.78, 5) is 13.5. The smallest absolute Gasteiger partial charge is 0.224 e. The van der Waals surface area contributed by atoms with E-state index in [2.05, 4.69) is 0 Å². The van der Waals surface area contributed by atoms with Gasteiger partial charge in [-0.1, -0.05) is 23.7 Å². The second-order valence-corrected chi connectivity index (χ2v) is 5.13. The van der Waals surface area contributed by atoms with Crippen LogP contribution in [0.3, 0.4) is 0 Å². The molecule has 0 saturated carbocycles. The van der Waals surface area contributed by atoms with E-state index in [4.69, 9.17) is 23.2 Å². The van der Waals surface area contributed by atoms with E-state index in [9.17, 15) is 4.79 Å². The molecule has 1 aliphatic rings. The Bertz CT molecular complexity index is 391. The fourth-order valence-corrected chi connectivity index (χ4v) is 2.39. The molecular weight excluding hydrogens is 245 g/mol. The Morgan fingerprint density at radius 1 is 1.38 bits per heavy atom. The summed E-state index contributed by atoms with van der Waals surface area (Å²) < 4.78 is 0. The van der Waals surface area contributed by atoms with Crippen molar-refractivity contribution in [3.05, 3.63) is 34.9 Å². The van der Waals surface area contributed by atoms with E-state index in [-0.39, 0.29) is 17.3 Å². The van der Waals surface area contributed by atoms with Crippen LogP contribution < -0.4 is 0 Å². The van der Waals surface area contributed by atoms with Gasteiger partial charge in [0.2, 0.25) is 5.91 Å². The number of rotatable bonds is 2. The predicted molar refractivity (Wildman–Crippen MR) is 65.8 cm³/mol. The maximum atomic E-state index is 11.7. The van der Waals surface area contributed by atoms with Crippen LogP contribution in [-0.4, -0.2) is 22.7 Å². The van der Waals surface area contributed by atoms with E-state index in [1.54, 1.807) is 0 Å². The summed E-state index contributed by atoms with van der Waals surface area (Å²) in [6.45, 7) is 2.64. The molecule has 0 aliphatic carbocycles. The molecule has 2 atom stereocenters. The molecule has 0 aromatic heterocycles. The molecule has 0 radical (unpaired) electrons. The van der Waals surface area contributed by atoms with Crippen LogP contribution in [0.4, 0.5) is 0 Å². The van der Waals surface area contributed by atoms with E-state index in [0.717, 1.165) is 5.56 Å². The van der Waals surface area contributed by atoms with E-state index in [1.807, 2.05) is 36.1 Å². The Labute approximate surface area is 105 Å².